The van der Waals surface area contributed by atoms with E-state index >= 15 is 0 Å². The summed E-state index contributed by atoms with van der Waals surface area (Å²) >= 11 is 0. The summed E-state index contributed by atoms with van der Waals surface area (Å²) in [6.07, 6.45) is 6.98. The summed E-state index contributed by atoms with van der Waals surface area (Å²) in [6.45, 7) is 0.402. The predicted molar refractivity (Wildman–Crippen MR) is 120 cm³/mol. The fraction of sp³-hybridized carbons (Fsp3) is 0.120. The standard InChI is InChI=1S/C25H17F2N5O2/c26-17-3-15(7-29-9-17)14-1-2-22-19(5-14)25(13-33-12-24(28)32-25)20-6-21(31-11-23(20)34-22)16-4-18(27)10-30-8-16/h1-11H,12-13H2,(H2,28,32)/t25-/m0/s1. The predicted octanol–water partition coefficient (Wildman–Crippen LogP) is 4.22. The van der Waals surface area contributed by atoms with Crippen LogP contribution in [0.3, 0.4) is 0 Å². The molecule has 0 saturated carbocycles. The van der Waals surface area contributed by atoms with Crippen molar-refractivity contribution in [3.8, 4) is 33.9 Å². The van der Waals surface area contributed by atoms with Crippen molar-refractivity contribution in [1.29, 1.82) is 0 Å². The molecule has 2 N–H and O–H groups in total. The number of pyridine rings is 3. The summed E-state index contributed by atoms with van der Waals surface area (Å²) in [5.74, 6) is 0.472. The molecule has 6 rings (SSSR count). The van der Waals surface area contributed by atoms with Gasteiger partial charge in [-0.05, 0) is 35.9 Å². The summed E-state index contributed by atoms with van der Waals surface area (Å²) in [5.41, 5.74) is 8.85. The second kappa shape index (κ2) is 7.67. The minimum absolute atomic E-state index is 0.201. The Morgan fingerprint density at radius 2 is 1.53 bits per heavy atom. The molecule has 4 aromatic rings. The first kappa shape index (κ1) is 20.4. The van der Waals surface area contributed by atoms with Crippen LogP contribution >= 0.6 is 0 Å². The van der Waals surface area contributed by atoms with Crippen LogP contribution in [0.15, 0.2) is 72.4 Å². The number of aliphatic imine (C=N–C) groups is 1. The Labute approximate surface area is 193 Å². The normalized spacial score (nSPS) is 18.6. The molecule has 34 heavy (non-hydrogen) atoms. The third-order valence-corrected chi connectivity index (χ3v) is 5.89. The fourth-order valence-corrected chi connectivity index (χ4v) is 4.40. The molecular weight excluding hydrogens is 440 g/mol. The number of hydrogen-bond donors (Lipinski definition) is 1. The molecule has 0 amide bonds. The Kier molecular flexibility index (Phi) is 4.59. The quantitative estimate of drug-likeness (QED) is 0.484. The first-order valence-electron chi connectivity index (χ1n) is 10.5. The lowest BCUT2D eigenvalue weighted by Gasteiger charge is -2.39. The van der Waals surface area contributed by atoms with Gasteiger partial charge in [-0.3, -0.25) is 19.9 Å². The average molecular weight is 457 g/mol. The summed E-state index contributed by atoms with van der Waals surface area (Å²) < 4.78 is 39.7. The number of rotatable bonds is 2. The van der Waals surface area contributed by atoms with Crippen LogP contribution in [0.5, 0.6) is 11.5 Å². The molecule has 1 atom stereocenters. The van der Waals surface area contributed by atoms with Gasteiger partial charge in [0.25, 0.3) is 0 Å². The molecule has 5 heterocycles. The van der Waals surface area contributed by atoms with E-state index in [0.717, 1.165) is 18.0 Å². The zero-order valence-corrected chi connectivity index (χ0v) is 17.7. The first-order chi connectivity index (χ1) is 16.5. The van der Waals surface area contributed by atoms with Crippen molar-refractivity contribution in [2.75, 3.05) is 13.2 Å². The van der Waals surface area contributed by atoms with Crippen LogP contribution in [-0.2, 0) is 10.3 Å². The van der Waals surface area contributed by atoms with E-state index in [0.29, 0.717) is 45.3 Å². The summed E-state index contributed by atoms with van der Waals surface area (Å²) in [5, 5.41) is 0. The maximum atomic E-state index is 13.8. The molecule has 0 fully saturated rings. The molecule has 2 aliphatic heterocycles. The number of amidine groups is 1. The minimum atomic E-state index is -1.03. The number of benzene rings is 1. The van der Waals surface area contributed by atoms with Crippen molar-refractivity contribution in [3.05, 3.63) is 90.1 Å². The molecule has 2 aliphatic rings. The number of ether oxygens (including phenoxy) is 2. The topological polar surface area (TPSA) is 95.5 Å². The number of aromatic nitrogens is 3. The maximum Gasteiger partial charge on any atom is 0.151 e. The molecule has 0 radical (unpaired) electrons. The van der Waals surface area contributed by atoms with E-state index in [2.05, 4.69) is 15.0 Å². The maximum absolute atomic E-state index is 13.8. The highest BCUT2D eigenvalue weighted by molar-refractivity contribution is 5.84. The summed E-state index contributed by atoms with van der Waals surface area (Å²) in [6, 6.07) is 10.1. The largest absolute Gasteiger partial charge is 0.455 e. The van der Waals surface area contributed by atoms with Crippen LogP contribution in [0.25, 0.3) is 22.4 Å². The van der Waals surface area contributed by atoms with Crippen molar-refractivity contribution in [2.24, 2.45) is 10.7 Å². The van der Waals surface area contributed by atoms with Gasteiger partial charge in [-0.2, -0.15) is 0 Å². The molecule has 9 heteroatoms. The number of halogens is 2. The first-order valence-corrected chi connectivity index (χ1v) is 10.5. The average Bonchev–Trinajstić information content (AvgIpc) is 2.84. The molecule has 1 aromatic carbocycles. The Morgan fingerprint density at radius 3 is 2.29 bits per heavy atom. The van der Waals surface area contributed by atoms with Crippen LogP contribution in [0.1, 0.15) is 11.1 Å². The highest BCUT2D eigenvalue weighted by atomic mass is 19.1. The van der Waals surface area contributed by atoms with Crippen LogP contribution in [0, 0.1) is 11.6 Å². The Hall–Kier alpha value is -4.24. The van der Waals surface area contributed by atoms with E-state index in [1.807, 2.05) is 12.1 Å². The highest BCUT2D eigenvalue weighted by Gasteiger charge is 2.45. The second-order valence-electron chi connectivity index (χ2n) is 8.12. The van der Waals surface area contributed by atoms with Gasteiger partial charge in [0.2, 0.25) is 0 Å². The number of fused-ring (bicyclic) bond motifs is 4. The molecule has 0 unspecified atom stereocenters. The zero-order chi connectivity index (χ0) is 23.3. The summed E-state index contributed by atoms with van der Waals surface area (Å²) in [4.78, 5) is 17.2. The molecule has 0 aliphatic carbocycles. The number of nitrogens with two attached hydrogens (primary N) is 1. The van der Waals surface area contributed by atoms with Gasteiger partial charge < -0.3 is 15.2 Å². The number of hydrogen-bond acceptors (Lipinski definition) is 7. The van der Waals surface area contributed by atoms with Gasteiger partial charge in [-0.1, -0.05) is 6.07 Å². The third-order valence-electron chi connectivity index (χ3n) is 5.89. The molecule has 168 valence electrons. The van der Waals surface area contributed by atoms with Crippen molar-refractivity contribution >= 4 is 5.84 Å². The monoisotopic (exact) mass is 457 g/mol. The second-order valence-corrected chi connectivity index (χ2v) is 8.12. The minimum Gasteiger partial charge on any atom is -0.455 e. The van der Waals surface area contributed by atoms with Crippen LogP contribution in [-0.4, -0.2) is 34.0 Å². The van der Waals surface area contributed by atoms with Gasteiger partial charge in [-0.15, -0.1) is 0 Å². The summed E-state index contributed by atoms with van der Waals surface area (Å²) in [7, 11) is 0. The SMILES string of the molecule is NC1=N[C@@]2(COC1)c1cc(-c3cncc(F)c3)ccc1Oc1cnc(-c3cncc(F)c3)cc12. The third kappa shape index (κ3) is 3.29. The van der Waals surface area contributed by atoms with E-state index in [1.165, 1.54) is 18.3 Å². The van der Waals surface area contributed by atoms with Gasteiger partial charge in [0.05, 0.1) is 30.9 Å². The van der Waals surface area contributed by atoms with E-state index in [9.17, 15) is 8.78 Å². The van der Waals surface area contributed by atoms with E-state index in [-0.39, 0.29) is 13.2 Å². The van der Waals surface area contributed by atoms with Crippen LogP contribution < -0.4 is 10.5 Å². The van der Waals surface area contributed by atoms with Crippen LogP contribution in [0.2, 0.25) is 0 Å². The molecule has 0 bridgehead atoms. The van der Waals surface area contributed by atoms with E-state index < -0.39 is 17.2 Å². The van der Waals surface area contributed by atoms with Gasteiger partial charge in [0.15, 0.2) is 5.75 Å². The smallest absolute Gasteiger partial charge is 0.151 e. The molecule has 0 saturated heterocycles. The molecule has 7 nitrogen and oxygen atoms in total. The molecule has 1 spiro atoms. The van der Waals surface area contributed by atoms with Crippen molar-refractivity contribution < 1.29 is 18.3 Å². The van der Waals surface area contributed by atoms with Crippen LogP contribution in [0.4, 0.5) is 8.78 Å². The van der Waals surface area contributed by atoms with Gasteiger partial charge >= 0.3 is 0 Å². The van der Waals surface area contributed by atoms with Crippen molar-refractivity contribution in [3.63, 3.8) is 0 Å². The van der Waals surface area contributed by atoms with Gasteiger partial charge in [0, 0.05) is 34.6 Å². The van der Waals surface area contributed by atoms with Crippen molar-refractivity contribution in [1.82, 2.24) is 15.0 Å². The fourth-order valence-electron chi connectivity index (χ4n) is 4.40. The zero-order valence-electron chi connectivity index (χ0n) is 17.7. The Morgan fingerprint density at radius 1 is 0.794 bits per heavy atom. The Bertz CT molecular complexity index is 1380. The highest BCUT2D eigenvalue weighted by Crippen LogP contribution is 2.51. The lowest BCUT2D eigenvalue weighted by atomic mass is 9.79. The Balaban J connectivity index is 1.57. The van der Waals surface area contributed by atoms with Gasteiger partial charge in [0.1, 0.15) is 35.4 Å². The lowest BCUT2D eigenvalue weighted by Crippen LogP contribution is -2.42. The van der Waals surface area contributed by atoms with E-state index in [1.54, 1.807) is 24.5 Å². The van der Waals surface area contributed by atoms with E-state index in [4.69, 9.17) is 20.2 Å². The number of nitrogens with zero attached hydrogens (tertiary/aromatic N) is 4. The molecular formula is C25H17F2N5O2. The van der Waals surface area contributed by atoms with Gasteiger partial charge in [-0.25, -0.2) is 8.78 Å². The lowest BCUT2D eigenvalue weighted by molar-refractivity contribution is 0.110. The van der Waals surface area contributed by atoms with Crippen molar-refractivity contribution in [2.45, 2.75) is 5.54 Å². The molecule has 3 aromatic heterocycles.